The fourth-order valence-electron chi connectivity index (χ4n) is 0.879. The van der Waals surface area contributed by atoms with Crippen LogP contribution in [0.4, 0.5) is 0 Å². The Morgan fingerprint density at radius 2 is 2.14 bits per heavy atom. The molecular weight excluding hydrogens is 218 g/mol. The fraction of sp³-hybridized carbons (Fsp3) is 0.500. The second-order valence-corrected chi connectivity index (χ2v) is 5.94. The van der Waals surface area contributed by atoms with E-state index in [9.17, 15) is 4.79 Å². The molecule has 4 heteroatoms. The number of thiophene rings is 1. The van der Waals surface area contributed by atoms with E-state index >= 15 is 0 Å². The summed E-state index contributed by atoms with van der Waals surface area (Å²) in [6.45, 7) is 6.24. The standard InChI is InChI=1S/C10H14ClNOS/c1-10(2,3)9(13)12-6-7-4-5-8(11)14-7/h4-5H,6H2,1-3H3,(H,12,13). The van der Waals surface area contributed by atoms with Crippen LogP contribution in [0.5, 0.6) is 0 Å². The Balaban J connectivity index is 2.46. The molecule has 0 aliphatic carbocycles. The zero-order valence-corrected chi connectivity index (χ0v) is 10.1. The third kappa shape index (κ3) is 3.31. The molecule has 0 saturated heterocycles. The van der Waals surface area contributed by atoms with Gasteiger partial charge in [0, 0.05) is 10.3 Å². The van der Waals surface area contributed by atoms with Crippen molar-refractivity contribution in [1.29, 1.82) is 0 Å². The van der Waals surface area contributed by atoms with Crippen LogP contribution in [0.2, 0.25) is 4.34 Å². The first-order valence-corrected chi connectivity index (χ1v) is 5.61. The molecule has 78 valence electrons. The SMILES string of the molecule is CC(C)(C)C(=O)NCc1ccc(Cl)s1. The third-order valence-corrected chi connectivity index (χ3v) is 2.96. The van der Waals surface area contributed by atoms with E-state index in [4.69, 9.17) is 11.6 Å². The normalized spacial score (nSPS) is 11.4. The van der Waals surface area contributed by atoms with Gasteiger partial charge < -0.3 is 5.32 Å². The molecule has 1 heterocycles. The second-order valence-electron chi connectivity index (χ2n) is 4.14. The summed E-state index contributed by atoms with van der Waals surface area (Å²) in [5, 5.41) is 2.87. The van der Waals surface area contributed by atoms with Crippen LogP contribution in [0.3, 0.4) is 0 Å². The first kappa shape index (κ1) is 11.5. The lowest BCUT2D eigenvalue weighted by atomic mass is 9.96. The van der Waals surface area contributed by atoms with Gasteiger partial charge in [0.2, 0.25) is 5.91 Å². The van der Waals surface area contributed by atoms with Crippen molar-refractivity contribution < 1.29 is 4.79 Å². The molecule has 0 aliphatic rings. The highest BCUT2D eigenvalue weighted by molar-refractivity contribution is 7.16. The van der Waals surface area contributed by atoms with E-state index in [1.807, 2.05) is 32.9 Å². The van der Waals surface area contributed by atoms with Crippen molar-refractivity contribution in [1.82, 2.24) is 5.32 Å². The maximum Gasteiger partial charge on any atom is 0.225 e. The van der Waals surface area contributed by atoms with Crippen molar-refractivity contribution in [3.8, 4) is 0 Å². The minimum absolute atomic E-state index is 0.0574. The Morgan fingerprint density at radius 1 is 1.50 bits per heavy atom. The Kier molecular flexibility index (Phi) is 3.56. The molecule has 1 aromatic rings. The van der Waals surface area contributed by atoms with E-state index in [0.717, 1.165) is 9.21 Å². The summed E-state index contributed by atoms with van der Waals surface area (Å²) in [5.74, 6) is 0.0574. The molecule has 0 atom stereocenters. The van der Waals surface area contributed by atoms with E-state index in [1.54, 1.807) is 0 Å². The molecule has 14 heavy (non-hydrogen) atoms. The van der Waals surface area contributed by atoms with Gasteiger partial charge in [-0.15, -0.1) is 11.3 Å². The number of carbonyl (C=O) groups is 1. The smallest absolute Gasteiger partial charge is 0.225 e. The van der Waals surface area contributed by atoms with Crippen molar-refractivity contribution in [2.45, 2.75) is 27.3 Å². The van der Waals surface area contributed by atoms with Crippen LogP contribution in [0, 0.1) is 5.41 Å². The molecule has 0 unspecified atom stereocenters. The number of nitrogens with one attached hydrogen (secondary N) is 1. The van der Waals surface area contributed by atoms with Gasteiger partial charge in [-0.1, -0.05) is 32.4 Å². The highest BCUT2D eigenvalue weighted by Gasteiger charge is 2.20. The molecule has 1 rings (SSSR count). The molecule has 0 aliphatic heterocycles. The monoisotopic (exact) mass is 231 g/mol. The van der Waals surface area contributed by atoms with Crippen molar-refractivity contribution >= 4 is 28.8 Å². The molecule has 0 fully saturated rings. The van der Waals surface area contributed by atoms with Crippen molar-refractivity contribution in [3.05, 3.63) is 21.3 Å². The van der Waals surface area contributed by atoms with Crippen LogP contribution < -0.4 is 5.32 Å². The quantitative estimate of drug-likeness (QED) is 0.833. The number of hydrogen-bond donors (Lipinski definition) is 1. The summed E-state index contributed by atoms with van der Waals surface area (Å²) < 4.78 is 0.755. The summed E-state index contributed by atoms with van der Waals surface area (Å²) in [5.41, 5.74) is -0.332. The molecule has 1 aromatic heterocycles. The van der Waals surface area contributed by atoms with Gasteiger partial charge in [-0.2, -0.15) is 0 Å². The van der Waals surface area contributed by atoms with Crippen molar-refractivity contribution in [2.75, 3.05) is 0 Å². The first-order chi connectivity index (χ1) is 6.39. The number of hydrogen-bond acceptors (Lipinski definition) is 2. The molecular formula is C10H14ClNOS. The Hall–Kier alpha value is -0.540. The van der Waals surface area contributed by atoms with Crippen LogP contribution in [-0.4, -0.2) is 5.91 Å². The third-order valence-electron chi connectivity index (χ3n) is 1.73. The lowest BCUT2D eigenvalue weighted by Crippen LogP contribution is -2.34. The van der Waals surface area contributed by atoms with Crippen LogP contribution in [0.15, 0.2) is 12.1 Å². The summed E-state index contributed by atoms with van der Waals surface area (Å²) in [6, 6.07) is 3.76. The Bertz CT molecular complexity index is 327. The predicted octanol–water partition coefficient (Wildman–Crippen LogP) is 3.06. The molecule has 2 nitrogen and oxygen atoms in total. The first-order valence-electron chi connectivity index (χ1n) is 4.42. The average molecular weight is 232 g/mol. The van der Waals surface area contributed by atoms with Gasteiger partial charge in [-0.3, -0.25) is 4.79 Å². The average Bonchev–Trinajstić information content (AvgIpc) is 2.45. The number of halogens is 1. The summed E-state index contributed by atoms with van der Waals surface area (Å²) in [4.78, 5) is 12.6. The molecule has 0 bridgehead atoms. The lowest BCUT2D eigenvalue weighted by Gasteiger charge is -2.16. The van der Waals surface area contributed by atoms with E-state index < -0.39 is 0 Å². The number of amides is 1. The van der Waals surface area contributed by atoms with Crippen LogP contribution in [0.1, 0.15) is 25.6 Å². The van der Waals surface area contributed by atoms with Crippen molar-refractivity contribution in [2.24, 2.45) is 5.41 Å². The van der Waals surface area contributed by atoms with E-state index in [0.29, 0.717) is 6.54 Å². The van der Waals surface area contributed by atoms with Gasteiger partial charge in [0.05, 0.1) is 10.9 Å². The molecule has 0 spiro atoms. The summed E-state index contributed by atoms with van der Waals surface area (Å²) in [7, 11) is 0. The largest absolute Gasteiger partial charge is 0.351 e. The second kappa shape index (κ2) is 4.32. The predicted molar refractivity (Wildman–Crippen MR) is 60.6 cm³/mol. The summed E-state index contributed by atoms with van der Waals surface area (Å²) in [6.07, 6.45) is 0. The fourth-order valence-corrected chi connectivity index (χ4v) is 1.91. The highest BCUT2D eigenvalue weighted by atomic mass is 35.5. The minimum Gasteiger partial charge on any atom is -0.351 e. The van der Waals surface area contributed by atoms with Gasteiger partial charge in [0.1, 0.15) is 0 Å². The molecule has 0 aromatic carbocycles. The summed E-state index contributed by atoms with van der Waals surface area (Å²) >= 11 is 7.26. The van der Waals surface area contributed by atoms with Crippen LogP contribution in [-0.2, 0) is 11.3 Å². The zero-order valence-electron chi connectivity index (χ0n) is 8.56. The van der Waals surface area contributed by atoms with Gasteiger partial charge in [-0.05, 0) is 12.1 Å². The Morgan fingerprint density at radius 3 is 2.57 bits per heavy atom. The van der Waals surface area contributed by atoms with Crippen molar-refractivity contribution in [3.63, 3.8) is 0 Å². The van der Waals surface area contributed by atoms with Gasteiger partial charge in [0.15, 0.2) is 0 Å². The maximum atomic E-state index is 11.5. The molecule has 1 N–H and O–H groups in total. The topological polar surface area (TPSA) is 29.1 Å². The highest BCUT2D eigenvalue weighted by Crippen LogP contribution is 2.21. The van der Waals surface area contributed by atoms with Gasteiger partial charge in [-0.25, -0.2) is 0 Å². The van der Waals surface area contributed by atoms with Gasteiger partial charge >= 0.3 is 0 Å². The van der Waals surface area contributed by atoms with E-state index in [2.05, 4.69) is 5.32 Å². The van der Waals surface area contributed by atoms with E-state index in [-0.39, 0.29) is 11.3 Å². The molecule has 0 radical (unpaired) electrons. The Labute approximate surface area is 93.3 Å². The number of carbonyl (C=O) groups excluding carboxylic acids is 1. The zero-order chi connectivity index (χ0) is 10.8. The van der Waals surface area contributed by atoms with E-state index in [1.165, 1.54) is 11.3 Å². The van der Waals surface area contributed by atoms with Crippen LogP contribution in [0.25, 0.3) is 0 Å². The molecule has 1 amide bonds. The number of rotatable bonds is 2. The van der Waals surface area contributed by atoms with Crippen LogP contribution >= 0.6 is 22.9 Å². The van der Waals surface area contributed by atoms with Gasteiger partial charge in [0.25, 0.3) is 0 Å². The minimum atomic E-state index is -0.332. The lowest BCUT2D eigenvalue weighted by molar-refractivity contribution is -0.128. The molecule has 0 saturated carbocycles. The maximum absolute atomic E-state index is 11.5.